The smallest absolute Gasteiger partial charge is 0.280 e. The summed E-state index contributed by atoms with van der Waals surface area (Å²) in [5.74, 6) is 0.481. The molecule has 0 spiro atoms. The molecule has 0 fully saturated rings. The zero-order valence-corrected chi connectivity index (χ0v) is 16.0. The molecule has 2 aliphatic heterocycles. The minimum Gasteiger partial charge on any atom is -0.454 e. The Bertz CT molecular complexity index is 1190. The number of rotatable bonds is 3. The van der Waals surface area contributed by atoms with Gasteiger partial charge in [0.2, 0.25) is 6.79 Å². The fourth-order valence-corrected chi connectivity index (χ4v) is 3.84. The van der Waals surface area contributed by atoms with Gasteiger partial charge < -0.3 is 14.8 Å². The van der Waals surface area contributed by atoms with Gasteiger partial charge in [-0.2, -0.15) is 0 Å². The Morgan fingerprint density at radius 2 is 1.83 bits per heavy atom. The summed E-state index contributed by atoms with van der Waals surface area (Å²) >= 11 is 0. The van der Waals surface area contributed by atoms with Gasteiger partial charge in [0.25, 0.3) is 11.6 Å². The molecular weight excluding hydrogens is 386 g/mol. The lowest BCUT2D eigenvalue weighted by molar-refractivity contribution is -0.385. The number of benzene rings is 3. The molecule has 8 nitrogen and oxygen atoms in total. The van der Waals surface area contributed by atoms with Gasteiger partial charge in [0.15, 0.2) is 11.5 Å². The summed E-state index contributed by atoms with van der Waals surface area (Å²) in [6.45, 7) is 1.93. The number of aryl methyl sites for hydroxylation is 1. The minimum absolute atomic E-state index is 0.00258. The van der Waals surface area contributed by atoms with E-state index in [1.165, 1.54) is 6.07 Å². The zero-order valence-electron chi connectivity index (χ0n) is 16.0. The van der Waals surface area contributed by atoms with E-state index in [-0.39, 0.29) is 18.4 Å². The lowest BCUT2D eigenvalue weighted by Crippen LogP contribution is -2.43. The van der Waals surface area contributed by atoms with Gasteiger partial charge in [0.05, 0.1) is 22.1 Å². The van der Waals surface area contributed by atoms with E-state index >= 15 is 0 Å². The molecule has 0 aliphatic carbocycles. The summed E-state index contributed by atoms with van der Waals surface area (Å²) in [7, 11) is 0. The average molecular weight is 403 g/mol. The Hall–Kier alpha value is -4.07. The number of nitro benzene ring substituents is 1. The maximum atomic E-state index is 13.5. The van der Waals surface area contributed by atoms with Gasteiger partial charge in [0.1, 0.15) is 6.17 Å². The summed E-state index contributed by atoms with van der Waals surface area (Å²) in [4.78, 5) is 26.4. The van der Waals surface area contributed by atoms with Crippen LogP contribution in [0.25, 0.3) is 0 Å². The van der Waals surface area contributed by atoms with Crippen LogP contribution in [0, 0.1) is 17.0 Å². The van der Waals surface area contributed by atoms with Crippen molar-refractivity contribution in [1.82, 2.24) is 0 Å². The van der Waals surface area contributed by atoms with E-state index in [2.05, 4.69) is 5.32 Å². The van der Waals surface area contributed by atoms with Crippen molar-refractivity contribution >= 4 is 23.0 Å². The van der Waals surface area contributed by atoms with Gasteiger partial charge in [-0.25, -0.2) is 0 Å². The number of nitrogens with one attached hydrogen (secondary N) is 1. The van der Waals surface area contributed by atoms with Gasteiger partial charge in [-0.15, -0.1) is 0 Å². The number of nitro groups is 1. The first-order chi connectivity index (χ1) is 14.5. The lowest BCUT2D eigenvalue weighted by Gasteiger charge is -2.38. The van der Waals surface area contributed by atoms with Crippen LogP contribution in [-0.2, 0) is 0 Å². The number of anilines is 2. The molecule has 30 heavy (non-hydrogen) atoms. The summed E-state index contributed by atoms with van der Waals surface area (Å²) in [5, 5.41) is 15.2. The highest BCUT2D eigenvalue weighted by Crippen LogP contribution is 2.44. The third kappa shape index (κ3) is 2.81. The van der Waals surface area contributed by atoms with E-state index in [4.69, 9.17) is 9.47 Å². The van der Waals surface area contributed by atoms with E-state index in [0.29, 0.717) is 34.0 Å². The number of carbonyl (C=O) groups excluding carboxylic acids is 1. The molecule has 2 aliphatic rings. The summed E-state index contributed by atoms with van der Waals surface area (Å²) < 4.78 is 10.8. The number of ether oxygens (including phenoxy) is 2. The maximum Gasteiger partial charge on any atom is 0.280 e. The Balaban J connectivity index is 1.73. The average Bonchev–Trinajstić information content (AvgIpc) is 3.20. The first-order valence-corrected chi connectivity index (χ1v) is 9.36. The van der Waals surface area contributed by atoms with E-state index in [9.17, 15) is 14.9 Å². The summed E-state index contributed by atoms with van der Waals surface area (Å²) in [6.07, 6.45) is -0.802. The molecule has 0 saturated carbocycles. The fourth-order valence-electron chi connectivity index (χ4n) is 3.84. The molecule has 0 bridgehead atoms. The van der Waals surface area contributed by atoms with Crippen molar-refractivity contribution in [2.75, 3.05) is 17.0 Å². The van der Waals surface area contributed by atoms with Gasteiger partial charge in [-0.3, -0.25) is 19.8 Å². The second-order valence-electron chi connectivity index (χ2n) is 7.13. The Kier molecular flexibility index (Phi) is 4.06. The second kappa shape index (κ2) is 6.77. The minimum atomic E-state index is -0.802. The van der Waals surface area contributed by atoms with E-state index in [1.54, 1.807) is 29.2 Å². The zero-order chi connectivity index (χ0) is 20.8. The third-order valence-electron chi connectivity index (χ3n) is 5.22. The van der Waals surface area contributed by atoms with Crippen LogP contribution in [0.5, 0.6) is 11.5 Å². The van der Waals surface area contributed by atoms with Gasteiger partial charge in [-0.05, 0) is 42.8 Å². The summed E-state index contributed by atoms with van der Waals surface area (Å²) in [5.41, 5.74) is 2.88. The largest absolute Gasteiger partial charge is 0.454 e. The molecule has 3 aromatic rings. The predicted molar refractivity (Wildman–Crippen MR) is 110 cm³/mol. The number of hydrogen-bond acceptors (Lipinski definition) is 6. The Morgan fingerprint density at radius 3 is 2.60 bits per heavy atom. The van der Waals surface area contributed by atoms with Crippen molar-refractivity contribution in [3.8, 4) is 11.5 Å². The maximum absolute atomic E-state index is 13.5. The van der Waals surface area contributed by atoms with Crippen LogP contribution in [0.15, 0.2) is 60.7 Å². The molecule has 8 heteroatoms. The van der Waals surface area contributed by atoms with Crippen LogP contribution >= 0.6 is 0 Å². The molecule has 1 amide bonds. The predicted octanol–water partition coefficient (Wildman–Crippen LogP) is 4.40. The quantitative estimate of drug-likeness (QED) is 0.514. The van der Waals surface area contributed by atoms with E-state index in [1.807, 2.05) is 37.3 Å². The molecular formula is C22H17N3O5. The number of nitrogens with zero attached hydrogens (tertiary/aromatic N) is 2. The first-order valence-electron chi connectivity index (χ1n) is 9.36. The normalized spacial score (nSPS) is 16.8. The van der Waals surface area contributed by atoms with Gasteiger partial charge in [0, 0.05) is 11.4 Å². The highest BCUT2D eigenvalue weighted by molar-refractivity contribution is 6.12. The molecule has 1 N–H and O–H groups in total. The Labute approximate surface area is 171 Å². The third-order valence-corrected chi connectivity index (χ3v) is 5.22. The highest BCUT2D eigenvalue weighted by Gasteiger charge is 2.38. The molecule has 150 valence electrons. The standard InChI is InChI=1S/C22H17N3O5/c1-13-5-4-6-14(9-13)24-21(23-17-8-3-2-7-15(17)22(24)26)16-10-19-20(30-12-29-19)11-18(16)25(27)28/h2-11,21,23H,12H2,1H3/t21-/m0/s1. The molecule has 0 unspecified atom stereocenters. The second-order valence-corrected chi connectivity index (χ2v) is 7.13. The number of amides is 1. The van der Waals surface area contributed by atoms with Crippen molar-refractivity contribution in [3.05, 3.63) is 87.5 Å². The van der Waals surface area contributed by atoms with Crippen LogP contribution in [0.1, 0.15) is 27.7 Å². The van der Waals surface area contributed by atoms with Crippen LogP contribution in [0.4, 0.5) is 17.1 Å². The van der Waals surface area contributed by atoms with Crippen LogP contribution in [0.2, 0.25) is 0 Å². The molecule has 0 aromatic heterocycles. The molecule has 2 heterocycles. The van der Waals surface area contributed by atoms with Crippen LogP contribution in [0.3, 0.4) is 0 Å². The number of hydrogen-bond donors (Lipinski definition) is 1. The molecule has 1 atom stereocenters. The van der Waals surface area contributed by atoms with Crippen LogP contribution in [-0.4, -0.2) is 17.6 Å². The fraction of sp³-hybridized carbons (Fsp3) is 0.136. The first kappa shape index (κ1) is 18.0. The number of carbonyl (C=O) groups is 1. The van der Waals surface area contributed by atoms with Crippen molar-refractivity contribution < 1.29 is 19.2 Å². The van der Waals surface area contributed by atoms with Crippen molar-refractivity contribution in [2.24, 2.45) is 0 Å². The number of fused-ring (bicyclic) bond motifs is 2. The molecule has 3 aromatic carbocycles. The van der Waals surface area contributed by atoms with Gasteiger partial charge >= 0.3 is 0 Å². The lowest BCUT2D eigenvalue weighted by atomic mass is 10.0. The van der Waals surface area contributed by atoms with E-state index in [0.717, 1.165) is 5.56 Å². The van der Waals surface area contributed by atoms with Crippen molar-refractivity contribution in [3.63, 3.8) is 0 Å². The SMILES string of the molecule is Cc1cccc(N2C(=O)c3ccccc3N[C@@H]2c2cc3c(cc2[N+](=O)[O-])OCO3)c1. The summed E-state index contributed by atoms with van der Waals surface area (Å²) in [6, 6.07) is 17.5. The number of para-hydroxylation sites is 1. The van der Waals surface area contributed by atoms with Gasteiger partial charge in [-0.1, -0.05) is 24.3 Å². The Morgan fingerprint density at radius 1 is 1.07 bits per heavy atom. The molecule has 0 radical (unpaired) electrons. The van der Waals surface area contributed by atoms with Crippen molar-refractivity contribution in [1.29, 1.82) is 0 Å². The monoisotopic (exact) mass is 403 g/mol. The van der Waals surface area contributed by atoms with E-state index < -0.39 is 11.1 Å². The van der Waals surface area contributed by atoms with Crippen LogP contribution < -0.4 is 19.7 Å². The molecule has 5 rings (SSSR count). The van der Waals surface area contributed by atoms with Crippen molar-refractivity contribution in [2.45, 2.75) is 13.1 Å². The molecule has 0 saturated heterocycles. The topological polar surface area (TPSA) is 93.9 Å². The highest BCUT2D eigenvalue weighted by atomic mass is 16.7.